The van der Waals surface area contributed by atoms with Gasteiger partial charge in [-0.05, 0) is 74.8 Å². The summed E-state index contributed by atoms with van der Waals surface area (Å²) in [6.45, 7) is 2.69. The van der Waals surface area contributed by atoms with E-state index in [-0.39, 0.29) is 12.1 Å². The number of rotatable bonds is 11. The smallest absolute Gasteiger partial charge is 0.305 e. The fourth-order valence-electron chi connectivity index (χ4n) is 4.77. The number of hydrogen-bond acceptors (Lipinski definition) is 6. The fourth-order valence-corrected chi connectivity index (χ4v) is 4.77. The van der Waals surface area contributed by atoms with E-state index in [0.29, 0.717) is 41.4 Å². The molecule has 1 amide bonds. The normalized spacial score (nSPS) is 14.6. The number of carbonyl (C=O) groups excluding carboxylic acids is 1. The summed E-state index contributed by atoms with van der Waals surface area (Å²) < 4.78 is 26.3. The Labute approximate surface area is 221 Å². The van der Waals surface area contributed by atoms with Crippen molar-refractivity contribution < 1.29 is 28.6 Å². The topological polar surface area (TPSA) is 106 Å². The van der Waals surface area contributed by atoms with Gasteiger partial charge < -0.3 is 24.8 Å². The van der Waals surface area contributed by atoms with Crippen LogP contribution in [-0.4, -0.2) is 71.6 Å². The first-order valence-corrected chi connectivity index (χ1v) is 12.7. The van der Waals surface area contributed by atoms with Crippen molar-refractivity contribution >= 4 is 11.9 Å². The number of carbonyl (C=O) groups is 2. The molecule has 0 unspecified atom stereocenters. The number of carboxylic acid groups (broad SMARTS) is 1. The highest BCUT2D eigenvalue weighted by Gasteiger charge is 2.25. The minimum Gasteiger partial charge on any atom is -0.496 e. The molecule has 9 nitrogen and oxygen atoms in total. The highest BCUT2D eigenvalue weighted by atomic mass is 19.1. The number of aromatic nitrogens is 2. The summed E-state index contributed by atoms with van der Waals surface area (Å²) in [4.78, 5) is 27.2. The lowest BCUT2D eigenvalue weighted by Crippen LogP contribution is -2.40. The molecule has 1 aliphatic heterocycles. The van der Waals surface area contributed by atoms with Crippen LogP contribution in [0.5, 0.6) is 11.5 Å². The van der Waals surface area contributed by atoms with Gasteiger partial charge in [-0.15, -0.1) is 0 Å². The molecule has 0 aliphatic carbocycles. The van der Waals surface area contributed by atoms with Crippen molar-refractivity contribution in [1.82, 2.24) is 20.0 Å². The Morgan fingerprint density at radius 3 is 2.32 bits per heavy atom. The highest BCUT2D eigenvalue weighted by Crippen LogP contribution is 2.39. The van der Waals surface area contributed by atoms with Gasteiger partial charge in [0.15, 0.2) is 5.69 Å². The SMILES string of the molecule is COc1cccc(OC)c1-c1cc(C(=O)N[C@@H](CCN2CCCCC2)CC(=O)O)nn1-c1ccc(F)cc1. The van der Waals surface area contributed by atoms with Crippen LogP contribution in [0, 0.1) is 5.82 Å². The highest BCUT2D eigenvalue weighted by molar-refractivity contribution is 5.94. The second kappa shape index (κ2) is 12.6. The zero-order valence-corrected chi connectivity index (χ0v) is 21.7. The lowest BCUT2D eigenvalue weighted by molar-refractivity contribution is -0.137. The van der Waals surface area contributed by atoms with Crippen molar-refractivity contribution in [3.63, 3.8) is 0 Å². The van der Waals surface area contributed by atoms with Crippen LogP contribution in [0.4, 0.5) is 4.39 Å². The van der Waals surface area contributed by atoms with Crippen molar-refractivity contribution in [2.24, 2.45) is 0 Å². The fraction of sp³-hybridized carbons (Fsp3) is 0.393. The average Bonchev–Trinajstić information content (AvgIpc) is 3.37. The first kappa shape index (κ1) is 27.1. The number of halogens is 1. The summed E-state index contributed by atoms with van der Waals surface area (Å²) in [7, 11) is 3.06. The van der Waals surface area contributed by atoms with Gasteiger partial charge in [-0.3, -0.25) is 9.59 Å². The van der Waals surface area contributed by atoms with E-state index < -0.39 is 23.7 Å². The van der Waals surface area contributed by atoms with E-state index in [4.69, 9.17) is 9.47 Å². The first-order valence-electron chi connectivity index (χ1n) is 12.7. The first-order chi connectivity index (χ1) is 18.4. The second-order valence-electron chi connectivity index (χ2n) is 9.30. The molecule has 1 aromatic heterocycles. The van der Waals surface area contributed by atoms with Crippen LogP contribution >= 0.6 is 0 Å². The molecular formula is C28H33FN4O5. The van der Waals surface area contributed by atoms with Crippen LogP contribution in [0.1, 0.15) is 42.6 Å². The second-order valence-corrected chi connectivity index (χ2v) is 9.30. The predicted octanol–water partition coefficient (Wildman–Crippen LogP) is 4.14. The summed E-state index contributed by atoms with van der Waals surface area (Å²) in [6.07, 6.45) is 3.80. The third-order valence-corrected chi connectivity index (χ3v) is 6.70. The van der Waals surface area contributed by atoms with Crippen LogP contribution in [0.25, 0.3) is 16.9 Å². The maximum Gasteiger partial charge on any atom is 0.305 e. The number of amides is 1. The van der Waals surface area contributed by atoms with Crippen molar-refractivity contribution in [3.05, 3.63) is 60.0 Å². The number of hydrogen-bond donors (Lipinski definition) is 2. The molecule has 4 rings (SSSR count). The lowest BCUT2D eigenvalue weighted by Gasteiger charge is -2.28. The maximum atomic E-state index is 13.7. The van der Waals surface area contributed by atoms with Crippen LogP contribution in [0.3, 0.4) is 0 Å². The number of likely N-dealkylation sites (tertiary alicyclic amines) is 1. The van der Waals surface area contributed by atoms with Gasteiger partial charge in [-0.25, -0.2) is 9.07 Å². The van der Waals surface area contributed by atoms with E-state index in [1.54, 1.807) is 36.4 Å². The number of nitrogens with zero attached hydrogens (tertiary/aromatic N) is 3. The molecule has 38 heavy (non-hydrogen) atoms. The van der Waals surface area contributed by atoms with E-state index in [9.17, 15) is 19.1 Å². The largest absolute Gasteiger partial charge is 0.496 e. The molecule has 1 aliphatic rings. The third kappa shape index (κ3) is 6.49. The summed E-state index contributed by atoms with van der Waals surface area (Å²) in [5.41, 5.74) is 1.69. The Hall–Kier alpha value is -3.92. The monoisotopic (exact) mass is 524 g/mol. The quantitative estimate of drug-likeness (QED) is 0.388. The van der Waals surface area contributed by atoms with Crippen molar-refractivity contribution in [2.75, 3.05) is 33.9 Å². The molecule has 0 bridgehead atoms. The molecule has 1 atom stereocenters. The third-order valence-electron chi connectivity index (χ3n) is 6.70. The van der Waals surface area contributed by atoms with Gasteiger partial charge in [0.05, 0.1) is 37.6 Å². The Bertz CT molecular complexity index is 1230. The van der Waals surface area contributed by atoms with Gasteiger partial charge in [0, 0.05) is 12.6 Å². The van der Waals surface area contributed by atoms with E-state index in [0.717, 1.165) is 25.9 Å². The molecule has 0 radical (unpaired) electrons. The number of carboxylic acids is 1. The average molecular weight is 525 g/mol. The van der Waals surface area contributed by atoms with Crippen molar-refractivity contribution in [1.29, 1.82) is 0 Å². The molecule has 3 aromatic rings. The molecule has 2 N–H and O–H groups in total. The van der Waals surface area contributed by atoms with Crippen LogP contribution in [-0.2, 0) is 4.79 Å². The number of aliphatic carboxylic acids is 1. The zero-order valence-electron chi connectivity index (χ0n) is 21.7. The van der Waals surface area contributed by atoms with Gasteiger partial charge in [-0.2, -0.15) is 5.10 Å². The van der Waals surface area contributed by atoms with Crippen molar-refractivity contribution in [2.45, 2.75) is 38.1 Å². The van der Waals surface area contributed by atoms with E-state index >= 15 is 0 Å². The molecule has 2 aromatic carbocycles. The van der Waals surface area contributed by atoms with Gasteiger partial charge in [-0.1, -0.05) is 12.5 Å². The van der Waals surface area contributed by atoms with Gasteiger partial charge in [0.2, 0.25) is 0 Å². The van der Waals surface area contributed by atoms with Gasteiger partial charge in [0.1, 0.15) is 17.3 Å². The number of piperidine rings is 1. The number of benzene rings is 2. The molecule has 10 heteroatoms. The molecule has 202 valence electrons. The molecule has 0 spiro atoms. The van der Waals surface area contributed by atoms with E-state index in [2.05, 4.69) is 15.3 Å². The Morgan fingerprint density at radius 2 is 1.71 bits per heavy atom. The molecular weight excluding hydrogens is 491 g/mol. The summed E-state index contributed by atoms with van der Waals surface area (Å²) in [5.74, 6) is -0.869. The number of nitrogens with one attached hydrogen (secondary N) is 1. The number of methoxy groups -OCH3 is 2. The standard InChI is InChI=1S/C28H33FN4O5/c1-37-24-7-6-8-25(38-2)27(24)23-18-22(31-33(23)21-11-9-19(29)10-12-21)28(36)30-20(17-26(34)35)13-16-32-14-4-3-5-15-32/h6-12,18,20H,3-5,13-17H2,1-2H3,(H,30,36)(H,34,35)/t20-/m0/s1. The number of ether oxygens (including phenoxy) is 2. The van der Waals surface area contributed by atoms with Crippen molar-refractivity contribution in [3.8, 4) is 28.4 Å². The molecule has 0 saturated carbocycles. The molecule has 1 fully saturated rings. The van der Waals surface area contributed by atoms with Crippen LogP contribution in [0.15, 0.2) is 48.5 Å². The maximum absolute atomic E-state index is 13.7. The van der Waals surface area contributed by atoms with Gasteiger partial charge >= 0.3 is 5.97 Å². The Balaban J connectivity index is 1.67. The Kier molecular flexibility index (Phi) is 8.96. The summed E-state index contributed by atoms with van der Waals surface area (Å²) in [6, 6.07) is 12.1. The minimum atomic E-state index is -0.981. The van der Waals surface area contributed by atoms with Crippen LogP contribution in [0.2, 0.25) is 0 Å². The Morgan fingerprint density at radius 1 is 1.05 bits per heavy atom. The zero-order chi connectivity index (χ0) is 27.1. The predicted molar refractivity (Wildman–Crippen MR) is 140 cm³/mol. The van der Waals surface area contributed by atoms with E-state index in [1.807, 2.05) is 0 Å². The van der Waals surface area contributed by atoms with Gasteiger partial charge in [0.25, 0.3) is 5.91 Å². The van der Waals surface area contributed by atoms with Crippen LogP contribution < -0.4 is 14.8 Å². The molecule has 2 heterocycles. The van der Waals surface area contributed by atoms with E-state index in [1.165, 1.54) is 37.5 Å². The summed E-state index contributed by atoms with van der Waals surface area (Å²) in [5, 5.41) is 16.8. The lowest BCUT2D eigenvalue weighted by atomic mass is 10.1. The molecule has 1 saturated heterocycles. The minimum absolute atomic E-state index is 0.0886. The summed E-state index contributed by atoms with van der Waals surface area (Å²) >= 11 is 0.